The molecule has 0 aromatic rings. The Bertz CT molecular complexity index is 130. The van der Waals surface area contributed by atoms with Crippen molar-refractivity contribution in [1.29, 1.82) is 0 Å². The largest absolute Gasteiger partial charge is 0.294 e. The Kier molecular flexibility index (Phi) is 8.02. The summed E-state index contributed by atoms with van der Waals surface area (Å²) >= 11 is 0. The summed E-state index contributed by atoms with van der Waals surface area (Å²) in [6.07, 6.45) is 5.86. The molecule has 0 aliphatic rings. The van der Waals surface area contributed by atoms with Crippen molar-refractivity contribution in [3.63, 3.8) is 0 Å². The van der Waals surface area contributed by atoms with Gasteiger partial charge in [0.15, 0.2) is 0 Å². The van der Waals surface area contributed by atoms with Crippen molar-refractivity contribution in [3.05, 3.63) is 0 Å². The number of nitrogens with one attached hydrogen (secondary N) is 1. The standard InChI is InChI=1S/C12H29N3/c1-7-9-11(14(3)4)13-12(10-8-2)15(5)6/h11-13H,7-10H2,1-6H3. The second-order valence-corrected chi connectivity index (χ2v) is 4.70. The van der Waals surface area contributed by atoms with Crippen LogP contribution in [0.15, 0.2) is 0 Å². The van der Waals surface area contributed by atoms with Gasteiger partial charge in [-0.2, -0.15) is 0 Å². The van der Waals surface area contributed by atoms with Crippen molar-refractivity contribution in [2.45, 2.75) is 51.9 Å². The van der Waals surface area contributed by atoms with E-state index in [0.717, 1.165) is 0 Å². The topological polar surface area (TPSA) is 18.5 Å². The van der Waals surface area contributed by atoms with Gasteiger partial charge in [-0.15, -0.1) is 0 Å². The van der Waals surface area contributed by atoms with Gasteiger partial charge in [-0.1, -0.05) is 26.7 Å². The Morgan fingerprint density at radius 3 is 1.33 bits per heavy atom. The first kappa shape index (κ1) is 14.9. The fourth-order valence-electron chi connectivity index (χ4n) is 1.75. The van der Waals surface area contributed by atoms with Gasteiger partial charge in [0.05, 0.1) is 12.3 Å². The molecule has 0 heterocycles. The summed E-state index contributed by atoms with van der Waals surface area (Å²) in [5, 5.41) is 3.71. The quantitative estimate of drug-likeness (QED) is 0.624. The van der Waals surface area contributed by atoms with E-state index in [1.165, 1.54) is 25.7 Å². The van der Waals surface area contributed by atoms with Crippen molar-refractivity contribution >= 4 is 0 Å². The Morgan fingerprint density at radius 2 is 1.13 bits per heavy atom. The molecule has 2 atom stereocenters. The second kappa shape index (κ2) is 8.08. The predicted molar refractivity (Wildman–Crippen MR) is 67.9 cm³/mol. The summed E-state index contributed by atoms with van der Waals surface area (Å²) in [4.78, 5) is 4.55. The van der Waals surface area contributed by atoms with Crippen LogP contribution in [-0.2, 0) is 0 Å². The lowest BCUT2D eigenvalue weighted by atomic mass is 10.2. The minimum atomic E-state index is 0.494. The van der Waals surface area contributed by atoms with E-state index in [0.29, 0.717) is 12.3 Å². The van der Waals surface area contributed by atoms with Gasteiger partial charge in [-0.3, -0.25) is 15.1 Å². The van der Waals surface area contributed by atoms with Crippen LogP contribution >= 0.6 is 0 Å². The molecular formula is C12H29N3. The molecule has 3 heteroatoms. The fourth-order valence-corrected chi connectivity index (χ4v) is 1.75. The van der Waals surface area contributed by atoms with E-state index in [1.54, 1.807) is 0 Å². The van der Waals surface area contributed by atoms with E-state index in [2.05, 4.69) is 57.2 Å². The van der Waals surface area contributed by atoms with Gasteiger partial charge in [0.2, 0.25) is 0 Å². The van der Waals surface area contributed by atoms with Crippen LogP contribution in [0.1, 0.15) is 39.5 Å². The number of hydrogen-bond acceptors (Lipinski definition) is 3. The fraction of sp³-hybridized carbons (Fsp3) is 1.00. The van der Waals surface area contributed by atoms with Crippen molar-refractivity contribution in [2.75, 3.05) is 28.2 Å². The zero-order chi connectivity index (χ0) is 11.8. The van der Waals surface area contributed by atoms with Crippen LogP contribution in [0, 0.1) is 0 Å². The van der Waals surface area contributed by atoms with Gasteiger partial charge < -0.3 is 0 Å². The number of hydrogen-bond donors (Lipinski definition) is 1. The molecule has 3 nitrogen and oxygen atoms in total. The van der Waals surface area contributed by atoms with Crippen LogP contribution in [0.3, 0.4) is 0 Å². The molecule has 0 aliphatic heterocycles. The van der Waals surface area contributed by atoms with E-state index >= 15 is 0 Å². The second-order valence-electron chi connectivity index (χ2n) is 4.70. The van der Waals surface area contributed by atoms with Gasteiger partial charge >= 0.3 is 0 Å². The first-order valence-electron chi connectivity index (χ1n) is 6.11. The molecular weight excluding hydrogens is 186 g/mol. The lowest BCUT2D eigenvalue weighted by Gasteiger charge is -2.33. The minimum Gasteiger partial charge on any atom is -0.294 e. The molecule has 0 saturated heterocycles. The third kappa shape index (κ3) is 6.13. The minimum absolute atomic E-state index is 0.494. The molecule has 0 aromatic carbocycles. The molecule has 0 rings (SSSR count). The van der Waals surface area contributed by atoms with E-state index in [1.807, 2.05) is 0 Å². The summed E-state index contributed by atoms with van der Waals surface area (Å²) in [5.41, 5.74) is 0. The summed E-state index contributed by atoms with van der Waals surface area (Å²) in [5.74, 6) is 0. The zero-order valence-corrected chi connectivity index (χ0v) is 11.4. The first-order chi connectivity index (χ1) is 7.02. The molecule has 0 saturated carbocycles. The van der Waals surface area contributed by atoms with Gasteiger partial charge in [0.1, 0.15) is 0 Å². The maximum Gasteiger partial charge on any atom is 0.0603 e. The average Bonchev–Trinajstić information content (AvgIpc) is 2.15. The Labute approximate surface area is 95.8 Å². The molecule has 15 heavy (non-hydrogen) atoms. The van der Waals surface area contributed by atoms with Crippen molar-refractivity contribution in [1.82, 2.24) is 15.1 Å². The molecule has 0 spiro atoms. The Hall–Kier alpha value is -0.120. The number of nitrogens with zero attached hydrogens (tertiary/aromatic N) is 2. The average molecular weight is 215 g/mol. The van der Waals surface area contributed by atoms with Crippen LogP contribution < -0.4 is 5.32 Å². The predicted octanol–water partition coefficient (Wildman–Crippen LogP) is 1.95. The van der Waals surface area contributed by atoms with Crippen LogP contribution in [0.5, 0.6) is 0 Å². The van der Waals surface area contributed by atoms with Crippen LogP contribution in [0.2, 0.25) is 0 Å². The molecule has 0 radical (unpaired) electrons. The molecule has 1 N–H and O–H groups in total. The molecule has 0 fully saturated rings. The van der Waals surface area contributed by atoms with E-state index in [-0.39, 0.29) is 0 Å². The third-order valence-electron chi connectivity index (χ3n) is 2.76. The highest BCUT2D eigenvalue weighted by molar-refractivity contribution is 4.70. The van der Waals surface area contributed by atoms with E-state index in [9.17, 15) is 0 Å². The smallest absolute Gasteiger partial charge is 0.0603 e. The lowest BCUT2D eigenvalue weighted by molar-refractivity contribution is 0.140. The maximum absolute atomic E-state index is 3.71. The van der Waals surface area contributed by atoms with Gasteiger partial charge in [-0.25, -0.2) is 0 Å². The SMILES string of the molecule is CCCC(NC(CCC)N(C)C)N(C)C. The normalized spacial score (nSPS) is 16.0. The molecule has 0 aliphatic carbocycles. The highest BCUT2D eigenvalue weighted by Gasteiger charge is 2.16. The van der Waals surface area contributed by atoms with Crippen LogP contribution in [0.25, 0.3) is 0 Å². The summed E-state index contributed by atoms with van der Waals surface area (Å²) < 4.78 is 0. The highest BCUT2D eigenvalue weighted by Crippen LogP contribution is 2.06. The Morgan fingerprint density at radius 1 is 0.800 bits per heavy atom. The van der Waals surface area contributed by atoms with Crippen molar-refractivity contribution < 1.29 is 0 Å². The Balaban J connectivity index is 4.19. The zero-order valence-electron chi connectivity index (χ0n) is 11.4. The van der Waals surface area contributed by atoms with E-state index in [4.69, 9.17) is 0 Å². The molecule has 0 amide bonds. The third-order valence-corrected chi connectivity index (χ3v) is 2.76. The molecule has 0 aromatic heterocycles. The van der Waals surface area contributed by atoms with Gasteiger partial charge in [0, 0.05) is 0 Å². The summed E-state index contributed by atoms with van der Waals surface area (Å²) in [6, 6.07) is 0. The van der Waals surface area contributed by atoms with Crippen LogP contribution in [-0.4, -0.2) is 50.3 Å². The maximum atomic E-state index is 3.71. The monoisotopic (exact) mass is 215 g/mol. The van der Waals surface area contributed by atoms with Gasteiger partial charge in [0.25, 0.3) is 0 Å². The summed E-state index contributed by atoms with van der Waals surface area (Å²) in [7, 11) is 8.58. The van der Waals surface area contributed by atoms with Crippen molar-refractivity contribution in [3.8, 4) is 0 Å². The lowest BCUT2D eigenvalue weighted by Crippen LogP contribution is -2.51. The molecule has 0 bridgehead atoms. The highest BCUT2D eigenvalue weighted by atomic mass is 15.3. The molecule has 2 unspecified atom stereocenters. The van der Waals surface area contributed by atoms with Crippen LogP contribution in [0.4, 0.5) is 0 Å². The summed E-state index contributed by atoms with van der Waals surface area (Å²) in [6.45, 7) is 4.48. The van der Waals surface area contributed by atoms with Crippen molar-refractivity contribution in [2.24, 2.45) is 0 Å². The van der Waals surface area contributed by atoms with E-state index < -0.39 is 0 Å². The molecule has 92 valence electrons. The first-order valence-corrected chi connectivity index (χ1v) is 6.11. The van der Waals surface area contributed by atoms with Gasteiger partial charge in [-0.05, 0) is 41.0 Å². The number of rotatable bonds is 8.